The molecule has 0 unspecified atom stereocenters. The van der Waals surface area contributed by atoms with Crippen LogP contribution < -0.4 is 4.90 Å². The summed E-state index contributed by atoms with van der Waals surface area (Å²) in [5.74, 6) is 0. The third-order valence-corrected chi connectivity index (χ3v) is 6.32. The van der Waals surface area contributed by atoms with Crippen LogP contribution in [0.1, 0.15) is 56.4 Å². The van der Waals surface area contributed by atoms with E-state index in [-0.39, 0.29) is 16.8 Å². The van der Waals surface area contributed by atoms with Crippen molar-refractivity contribution in [1.29, 1.82) is 0 Å². The maximum atomic E-state index is 11.6. The van der Waals surface area contributed by atoms with Gasteiger partial charge < -0.3 is 9.64 Å². The standard InChI is InChI=1S/C24H31N3O3/c1-2-20-11-6-7-15-26(20)23-13-12-21(27(28)29)17-22(23)24-25(14-8-16-30-24)18-19-9-4-3-5-10-19/h3-5,9-10,12-13,17,20,24H,2,6-8,11,14-16,18H2,1H3/t20-,24-/m0/s1. The lowest BCUT2D eigenvalue weighted by Crippen LogP contribution is -2.42. The Labute approximate surface area is 178 Å². The maximum absolute atomic E-state index is 11.6. The van der Waals surface area contributed by atoms with E-state index in [1.807, 2.05) is 24.3 Å². The van der Waals surface area contributed by atoms with E-state index in [0.29, 0.717) is 12.6 Å². The molecule has 0 N–H and O–H groups in total. The smallest absolute Gasteiger partial charge is 0.270 e. The van der Waals surface area contributed by atoms with Crippen molar-refractivity contribution in [3.63, 3.8) is 0 Å². The van der Waals surface area contributed by atoms with Crippen molar-refractivity contribution < 1.29 is 9.66 Å². The molecule has 2 aromatic carbocycles. The Morgan fingerprint density at radius 1 is 1.10 bits per heavy atom. The van der Waals surface area contributed by atoms with Crippen LogP contribution in [-0.2, 0) is 11.3 Å². The summed E-state index contributed by atoms with van der Waals surface area (Å²) < 4.78 is 6.26. The van der Waals surface area contributed by atoms with Crippen LogP contribution in [0, 0.1) is 10.1 Å². The molecule has 2 heterocycles. The SMILES string of the molecule is CC[C@H]1CCCCN1c1ccc([N+](=O)[O-])cc1[C@@H]1OCCCN1Cc1ccccc1. The highest BCUT2D eigenvalue weighted by Gasteiger charge is 2.32. The molecule has 2 aliphatic heterocycles. The number of nitro groups is 1. The molecule has 0 spiro atoms. The van der Waals surface area contributed by atoms with Crippen LogP contribution in [0.25, 0.3) is 0 Å². The van der Waals surface area contributed by atoms with Gasteiger partial charge in [-0.05, 0) is 43.7 Å². The van der Waals surface area contributed by atoms with Crippen LogP contribution in [0.4, 0.5) is 11.4 Å². The molecule has 0 bridgehead atoms. The first-order valence-corrected chi connectivity index (χ1v) is 11.1. The van der Waals surface area contributed by atoms with E-state index >= 15 is 0 Å². The fourth-order valence-corrected chi connectivity index (χ4v) is 4.81. The van der Waals surface area contributed by atoms with Gasteiger partial charge >= 0.3 is 0 Å². The quantitative estimate of drug-likeness (QED) is 0.480. The fourth-order valence-electron chi connectivity index (χ4n) is 4.81. The van der Waals surface area contributed by atoms with Gasteiger partial charge in [0.25, 0.3) is 5.69 Å². The van der Waals surface area contributed by atoms with Crippen LogP contribution in [0.3, 0.4) is 0 Å². The molecule has 2 saturated heterocycles. The highest BCUT2D eigenvalue weighted by atomic mass is 16.6. The van der Waals surface area contributed by atoms with E-state index in [4.69, 9.17) is 4.74 Å². The first-order valence-electron chi connectivity index (χ1n) is 11.1. The molecule has 0 saturated carbocycles. The average Bonchev–Trinajstić information content (AvgIpc) is 2.79. The minimum atomic E-state index is -0.300. The second kappa shape index (κ2) is 9.58. The fraction of sp³-hybridized carbons (Fsp3) is 0.500. The molecule has 0 aliphatic carbocycles. The Morgan fingerprint density at radius 2 is 1.93 bits per heavy atom. The summed E-state index contributed by atoms with van der Waals surface area (Å²) in [6, 6.07) is 16.2. The van der Waals surface area contributed by atoms with Gasteiger partial charge in [-0.25, -0.2) is 0 Å². The van der Waals surface area contributed by atoms with Gasteiger partial charge in [-0.3, -0.25) is 15.0 Å². The molecule has 6 heteroatoms. The van der Waals surface area contributed by atoms with Gasteiger partial charge in [-0.1, -0.05) is 37.3 Å². The van der Waals surface area contributed by atoms with Gasteiger partial charge in [0.05, 0.1) is 11.5 Å². The molecule has 0 aromatic heterocycles. The van der Waals surface area contributed by atoms with Crippen molar-refractivity contribution in [3.05, 3.63) is 69.8 Å². The summed E-state index contributed by atoms with van der Waals surface area (Å²) in [6.45, 7) is 5.58. The molecule has 0 amide bonds. The zero-order chi connectivity index (χ0) is 20.9. The maximum Gasteiger partial charge on any atom is 0.270 e. The second-order valence-corrected chi connectivity index (χ2v) is 8.28. The molecular formula is C24H31N3O3. The van der Waals surface area contributed by atoms with Crippen molar-refractivity contribution in [2.24, 2.45) is 0 Å². The zero-order valence-electron chi connectivity index (χ0n) is 17.7. The van der Waals surface area contributed by atoms with E-state index in [2.05, 4.69) is 28.9 Å². The van der Waals surface area contributed by atoms with Crippen LogP contribution >= 0.6 is 0 Å². The van der Waals surface area contributed by atoms with Crippen molar-refractivity contribution in [3.8, 4) is 0 Å². The van der Waals surface area contributed by atoms with E-state index in [0.717, 1.165) is 50.1 Å². The Bertz CT molecular complexity index is 858. The minimum absolute atomic E-state index is 0.132. The van der Waals surface area contributed by atoms with Crippen LogP contribution in [0.2, 0.25) is 0 Å². The van der Waals surface area contributed by atoms with Gasteiger partial charge in [0.15, 0.2) is 0 Å². The van der Waals surface area contributed by atoms with Gasteiger partial charge in [0.1, 0.15) is 6.23 Å². The second-order valence-electron chi connectivity index (χ2n) is 8.28. The van der Waals surface area contributed by atoms with Crippen LogP contribution in [0.5, 0.6) is 0 Å². The predicted molar refractivity (Wildman–Crippen MR) is 119 cm³/mol. The van der Waals surface area contributed by atoms with Crippen LogP contribution in [-0.4, -0.2) is 35.6 Å². The lowest BCUT2D eigenvalue weighted by molar-refractivity contribution is -0.385. The van der Waals surface area contributed by atoms with Gasteiger partial charge in [-0.15, -0.1) is 0 Å². The summed E-state index contributed by atoms with van der Waals surface area (Å²) in [7, 11) is 0. The molecule has 2 atom stereocenters. The van der Waals surface area contributed by atoms with Gasteiger partial charge in [0, 0.05) is 49.1 Å². The monoisotopic (exact) mass is 409 g/mol. The summed E-state index contributed by atoms with van der Waals surface area (Å²) in [5.41, 5.74) is 3.38. The lowest BCUT2D eigenvalue weighted by atomic mass is 9.97. The summed E-state index contributed by atoms with van der Waals surface area (Å²) >= 11 is 0. The number of benzene rings is 2. The number of nitro benzene ring substituents is 1. The summed E-state index contributed by atoms with van der Waals surface area (Å²) in [4.78, 5) is 16.0. The molecule has 4 rings (SSSR count). The van der Waals surface area contributed by atoms with E-state index in [1.165, 1.54) is 18.4 Å². The number of ether oxygens (including phenoxy) is 1. The minimum Gasteiger partial charge on any atom is -0.368 e. The highest BCUT2D eigenvalue weighted by Crippen LogP contribution is 2.39. The van der Waals surface area contributed by atoms with Gasteiger partial charge in [-0.2, -0.15) is 0 Å². The number of non-ortho nitro benzene ring substituents is 1. The average molecular weight is 410 g/mol. The zero-order valence-corrected chi connectivity index (χ0v) is 17.7. The Morgan fingerprint density at radius 3 is 2.70 bits per heavy atom. The Kier molecular flexibility index (Phi) is 6.65. The number of rotatable bonds is 6. The number of hydrogen-bond donors (Lipinski definition) is 0. The van der Waals surface area contributed by atoms with Gasteiger partial charge in [0.2, 0.25) is 0 Å². The van der Waals surface area contributed by atoms with E-state index in [1.54, 1.807) is 12.1 Å². The topological polar surface area (TPSA) is 58.9 Å². The molecule has 2 fully saturated rings. The largest absolute Gasteiger partial charge is 0.368 e. The summed E-state index contributed by atoms with van der Waals surface area (Å²) in [5, 5.41) is 11.6. The van der Waals surface area contributed by atoms with Crippen molar-refractivity contribution in [1.82, 2.24) is 4.90 Å². The first-order chi connectivity index (χ1) is 14.7. The third-order valence-electron chi connectivity index (χ3n) is 6.32. The van der Waals surface area contributed by atoms with Crippen molar-refractivity contribution >= 4 is 11.4 Å². The molecule has 2 aromatic rings. The summed E-state index contributed by atoms with van der Waals surface area (Å²) in [6.07, 6.45) is 5.36. The molecule has 160 valence electrons. The Hall–Kier alpha value is -2.44. The molecule has 6 nitrogen and oxygen atoms in total. The molecule has 2 aliphatic rings. The number of hydrogen-bond acceptors (Lipinski definition) is 5. The van der Waals surface area contributed by atoms with Crippen LogP contribution in [0.15, 0.2) is 48.5 Å². The third kappa shape index (κ3) is 4.50. The normalized spacial score (nSPS) is 22.8. The van der Waals surface area contributed by atoms with Crippen molar-refractivity contribution in [2.75, 3.05) is 24.6 Å². The molecular weight excluding hydrogens is 378 g/mol. The number of anilines is 1. The van der Waals surface area contributed by atoms with Crippen molar-refractivity contribution in [2.45, 2.75) is 57.8 Å². The predicted octanol–water partition coefficient (Wildman–Crippen LogP) is 5.28. The molecule has 30 heavy (non-hydrogen) atoms. The van der Waals surface area contributed by atoms with E-state index < -0.39 is 0 Å². The Balaban J connectivity index is 1.72. The highest BCUT2D eigenvalue weighted by molar-refractivity contribution is 5.60. The molecule has 0 radical (unpaired) electrons. The number of nitrogens with zero attached hydrogens (tertiary/aromatic N) is 3. The van der Waals surface area contributed by atoms with E-state index in [9.17, 15) is 10.1 Å². The lowest BCUT2D eigenvalue weighted by Gasteiger charge is -2.42. The first kappa shape index (κ1) is 20.8. The number of piperidine rings is 1.